The fraction of sp³-hybridized carbons (Fsp3) is 0.174. The van der Waals surface area contributed by atoms with E-state index in [4.69, 9.17) is 11.6 Å². The zero-order chi connectivity index (χ0) is 20.6. The monoisotopic (exact) mass is 424 g/mol. The lowest BCUT2D eigenvalue weighted by Crippen LogP contribution is -2.15. The molecule has 4 nitrogen and oxygen atoms in total. The van der Waals surface area contributed by atoms with Crippen molar-refractivity contribution in [3.8, 4) is 0 Å². The number of rotatable bonds is 9. The maximum atomic E-state index is 12.7. The van der Waals surface area contributed by atoms with Crippen molar-refractivity contribution in [3.63, 3.8) is 0 Å². The number of halogens is 1. The number of hydrogen-bond donors (Lipinski definition) is 1. The largest absolute Gasteiger partial charge is 0.382 e. The molecule has 2 aromatic carbocycles. The fourth-order valence-corrected chi connectivity index (χ4v) is 3.97. The molecular formula is C23H21ClN2O2S. The first-order valence-corrected chi connectivity index (χ1v) is 10.5. The zero-order valence-electron chi connectivity index (χ0n) is 16.0. The maximum absolute atomic E-state index is 12.7. The van der Waals surface area contributed by atoms with Crippen LogP contribution >= 0.6 is 23.4 Å². The number of carbonyl (C=O) groups excluding carboxylic acids is 2. The van der Waals surface area contributed by atoms with E-state index < -0.39 is 0 Å². The van der Waals surface area contributed by atoms with Crippen LogP contribution in [-0.4, -0.2) is 28.3 Å². The van der Waals surface area contributed by atoms with Gasteiger partial charge < -0.3 is 5.32 Å². The van der Waals surface area contributed by atoms with Crippen molar-refractivity contribution in [1.82, 2.24) is 4.98 Å². The van der Waals surface area contributed by atoms with E-state index in [1.54, 1.807) is 18.2 Å². The first-order valence-electron chi connectivity index (χ1n) is 9.29. The van der Waals surface area contributed by atoms with Gasteiger partial charge in [-0.05, 0) is 19.1 Å². The number of pyridine rings is 1. The molecule has 29 heavy (non-hydrogen) atoms. The quantitative estimate of drug-likeness (QED) is 0.268. The first-order chi connectivity index (χ1) is 14.0. The van der Waals surface area contributed by atoms with Crippen LogP contribution in [0.2, 0.25) is 5.15 Å². The molecule has 0 saturated carbocycles. The number of anilines is 1. The summed E-state index contributed by atoms with van der Waals surface area (Å²) in [6, 6.07) is 21.9. The van der Waals surface area contributed by atoms with Gasteiger partial charge in [-0.25, -0.2) is 4.98 Å². The summed E-state index contributed by atoms with van der Waals surface area (Å²) in [5, 5.41) is 3.93. The second kappa shape index (κ2) is 10.2. The summed E-state index contributed by atoms with van der Waals surface area (Å²) in [4.78, 5) is 29.3. The molecule has 3 rings (SSSR count). The van der Waals surface area contributed by atoms with E-state index in [-0.39, 0.29) is 16.8 Å². The highest BCUT2D eigenvalue weighted by Gasteiger charge is 2.19. The van der Waals surface area contributed by atoms with Crippen LogP contribution < -0.4 is 5.32 Å². The molecular weight excluding hydrogens is 404 g/mol. The van der Waals surface area contributed by atoms with Gasteiger partial charge in [0.2, 0.25) is 0 Å². The Hall–Kier alpha value is -2.63. The van der Waals surface area contributed by atoms with Gasteiger partial charge in [0.15, 0.2) is 11.6 Å². The molecule has 148 valence electrons. The molecule has 0 fully saturated rings. The van der Waals surface area contributed by atoms with Crippen molar-refractivity contribution in [1.29, 1.82) is 0 Å². The Morgan fingerprint density at radius 1 is 0.966 bits per heavy atom. The molecule has 3 aromatic rings. The standard InChI is InChI=1S/C23H21ClN2O2S/c1-16(22(28)18-10-6-3-7-11-18)29-23-19(12-13-21(24)26-23)25-15-14-20(27)17-8-4-2-5-9-17/h2-13,16,25H,14-15H2,1H3. The Balaban J connectivity index is 1.64. The number of hydrogen-bond acceptors (Lipinski definition) is 5. The molecule has 1 heterocycles. The summed E-state index contributed by atoms with van der Waals surface area (Å²) < 4.78 is 0. The Bertz CT molecular complexity index is 981. The molecule has 0 aliphatic carbocycles. The van der Waals surface area contributed by atoms with E-state index in [1.807, 2.05) is 61.5 Å². The molecule has 0 amide bonds. The van der Waals surface area contributed by atoms with Crippen LogP contribution in [0.4, 0.5) is 5.69 Å². The van der Waals surface area contributed by atoms with Crippen molar-refractivity contribution in [2.24, 2.45) is 0 Å². The zero-order valence-corrected chi connectivity index (χ0v) is 17.5. The number of nitrogens with zero attached hydrogens (tertiary/aromatic N) is 1. The Kier molecular flexibility index (Phi) is 7.44. The van der Waals surface area contributed by atoms with Crippen LogP contribution in [-0.2, 0) is 0 Å². The second-order valence-electron chi connectivity index (χ2n) is 6.44. The number of nitrogens with one attached hydrogen (secondary N) is 1. The molecule has 1 unspecified atom stereocenters. The lowest BCUT2D eigenvalue weighted by Gasteiger charge is -2.14. The van der Waals surface area contributed by atoms with E-state index in [9.17, 15) is 9.59 Å². The number of carbonyl (C=O) groups is 2. The van der Waals surface area contributed by atoms with Gasteiger partial charge in [-0.2, -0.15) is 0 Å². The number of ketones is 2. The van der Waals surface area contributed by atoms with E-state index in [1.165, 1.54) is 11.8 Å². The predicted molar refractivity (Wildman–Crippen MR) is 119 cm³/mol. The van der Waals surface area contributed by atoms with Crippen molar-refractivity contribution >= 4 is 40.6 Å². The normalized spacial score (nSPS) is 11.7. The summed E-state index contributed by atoms with van der Waals surface area (Å²) in [6.07, 6.45) is 0.356. The van der Waals surface area contributed by atoms with Crippen LogP contribution in [0.5, 0.6) is 0 Å². The minimum atomic E-state index is -0.324. The van der Waals surface area contributed by atoms with Crippen LogP contribution in [0.3, 0.4) is 0 Å². The highest BCUT2D eigenvalue weighted by molar-refractivity contribution is 8.00. The molecule has 6 heteroatoms. The van der Waals surface area contributed by atoms with Crippen LogP contribution in [0, 0.1) is 0 Å². The first kappa shape index (κ1) is 21.1. The fourth-order valence-electron chi connectivity index (χ4n) is 2.78. The lowest BCUT2D eigenvalue weighted by molar-refractivity contribution is 0.0981. The van der Waals surface area contributed by atoms with E-state index in [2.05, 4.69) is 10.3 Å². The smallest absolute Gasteiger partial charge is 0.175 e. The van der Waals surface area contributed by atoms with Gasteiger partial charge in [0.05, 0.1) is 10.9 Å². The summed E-state index contributed by atoms with van der Waals surface area (Å²) >= 11 is 7.42. The molecule has 0 saturated heterocycles. The average Bonchev–Trinajstić information content (AvgIpc) is 2.75. The van der Waals surface area contributed by atoms with Crippen LogP contribution in [0.25, 0.3) is 0 Å². The number of aromatic nitrogens is 1. The van der Waals surface area contributed by atoms with E-state index >= 15 is 0 Å². The Morgan fingerprint density at radius 3 is 2.24 bits per heavy atom. The van der Waals surface area contributed by atoms with Crippen LogP contribution in [0.1, 0.15) is 34.1 Å². The summed E-state index contributed by atoms with van der Waals surface area (Å²) in [5.41, 5.74) is 2.12. The van der Waals surface area contributed by atoms with E-state index in [0.29, 0.717) is 34.3 Å². The predicted octanol–water partition coefficient (Wildman–Crippen LogP) is 5.78. The Morgan fingerprint density at radius 2 is 1.59 bits per heavy atom. The van der Waals surface area contributed by atoms with Crippen molar-refractivity contribution in [2.75, 3.05) is 11.9 Å². The van der Waals surface area contributed by atoms with Crippen molar-refractivity contribution in [3.05, 3.63) is 89.1 Å². The number of benzene rings is 2. The molecule has 1 atom stereocenters. The third kappa shape index (κ3) is 5.92. The highest BCUT2D eigenvalue weighted by atomic mass is 35.5. The SMILES string of the molecule is CC(Sc1nc(Cl)ccc1NCCC(=O)c1ccccc1)C(=O)c1ccccc1. The van der Waals surface area contributed by atoms with Crippen molar-refractivity contribution in [2.45, 2.75) is 23.6 Å². The summed E-state index contributed by atoms with van der Waals surface area (Å²) in [7, 11) is 0. The van der Waals surface area contributed by atoms with Gasteiger partial charge in [-0.1, -0.05) is 84.0 Å². The number of thioether (sulfide) groups is 1. The van der Waals surface area contributed by atoms with Crippen LogP contribution in [0.15, 0.2) is 77.8 Å². The molecule has 0 aliphatic rings. The molecule has 0 radical (unpaired) electrons. The third-order valence-corrected chi connectivity index (χ3v) is 5.62. The summed E-state index contributed by atoms with van der Waals surface area (Å²) in [5.74, 6) is 0.101. The summed E-state index contributed by atoms with van der Waals surface area (Å²) in [6.45, 7) is 2.32. The molecule has 1 N–H and O–H groups in total. The van der Waals surface area contributed by atoms with Gasteiger partial charge in [-0.15, -0.1) is 0 Å². The van der Waals surface area contributed by atoms with Gasteiger partial charge in [-0.3, -0.25) is 9.59 Å². The number of Topliss-reactive ketones (excluding diaryl/α,β-unsaturated/α-hetero) is 2. The highest BCUT2D eigenvalue weighted by Crippen LogP contribution is 2.31. The average molecular weight is 425 g/mol. The Labute approximate surface area is 179 Å². The van der Waals surface area contributed by atoms with Gasteiger partial charge in [0.25, 0.3) is 0 Å². The van der Waals surface area contributed by atoms with Gasteiger partial charge in [0.1, 0.15) is 10.2 Å². The minimum Gasteiger partial charge on any atom is -0.382 e. The molecule has 0 spiro atoms. The second-order valence-corrected chi connectivity index (χ2v) is 8.16. The van der Waals surface area contributed by atoms with Crippen molar-refractivity contribution < 1.29 is 9.59 Å². The molecule has 0 bridgehead atoms. The third-order valence-electron chi connectivity index (χ3n) is 4.31. The maximum Gasteiger partial charge on any atom is 0.175 e. The van der Waals surface area contributed by atoms with Gasteiger partial charge in [0, 0.05) is 24.1 Å². The van der Waals surface area contributed by atoms with E-state index in [0.717, 1.165) is 5.69 Å². The minimum absolute atomic E-state index is 0.0302. The molecule has 0 aliphatic heterocycles. The molecule has 1 aromatic heterocycles. The van der Waals surface area contributed by atoms with Gasteiger partial charge >= 0.3 is 0 Å². The topological polar surface area (TPSA) is 59.1 Å². The lowest BCUT2D eigenvalue weighted by atomic mass is 10.1.